The molecule has 0 aromatic heterocycles. The molecule has 1 aliphatic carbocycles. The lowest BCUT2D eigenvalue weighted by Crippen LogP contribution is -2.56. The normalized spacial score (nSPS) is 15.5. The molecule has 2 aromatic rings. The van der Waals surface area contributed by atoms with Crippen LogP contribution in [0.3, 0.4) is 0 Å². The second-order valence-electron chi connectivity index (χ2n) is 7.52. The quantitative estimate of drug-likeness (QED) is 0.705. The summed E-state index contributed by atoms with van der Waals surface area (Å²) >= 11 is 6.18. The predicted molar refractivity (Wildman–Crippen MR) is 111 cm³/mol. The Balaban J connectivity index is 1.48. The number of ether oxygens (including phenoxy) is 2. The summed E-state index contributed by atoms with van der Waals surface area (Å²) in [5.41, 5.74) is 4.89. The SMILES string of the molecule is [NH3+]C(=O)c1ccc(OCc2ccc(OCC3CCCCCCC3)cc2)c(Cl)c1. The van der Waals surface area contributed by atoms with E-state index in [4.69, 9.17) is 21.1 Å². The number of carbonyl (C=O) groups is 1. The van der Waals surface area contributed by atoms with E-state index in [2.05, 4.69) is 5.73 Å². The molecule has 0 saturated heterocycles. The number of amides is 1. The van der Waals surface area contributed by atoms with Gasteiger partial charge in [-0.25, -0.2) is 4.79 Å². The first-order chi connectivity index (χ1) is 13.6. The van der Waals surface area contributed by atoms with E-state index in [0.29, 0.717) is 28.9 Å². The van der Waals surface area contributed by atoms with Crippen molar-refractivity contribution in [3.05, 3.63) is 58.6 Å². The maximum atomic E-state index is 11.3. The van der Waals surface area contributed by atoms with E-state index in [0.717, 1.165) is 17.9 Å². The number of carbonyl (C=O) groups excluding carboxylic acids is 1. The van der Waals surface area contributed by atoms with Gasteiger partial charge < -0.3 is 9.47 Å². The number of rotatable bonds is 7. The Morgan fingerprint density at radius 2 is 1.64 bits per heavy atom. The summed E-state index contributed by atoms with van der Waals surface area (Å²) in [7, 11) is 0. The van der Waals surface area contributed by atoms with Crippen molar-refractivity contribution < 1.29 is 20.0 Å². The van der Waals surface area contributed by atoms with Gasteiger partial charge in [-0.1, -0.05) is 55.8 Å². The Hall–Kier alpha value is -2.04. The van der Waals surface area contributed by atoms with Crippen LogP contribution in [0.1, 0.15) is 60.9 Å². The van der Waals surface area contributed by atoms with E-state index in [9.17, 15) is 4.79 Å². The zero-order chi connectivity index (χ0) is 19.8. The summed E-state index contributed by atoms with van der Waals surface area (Å²) in [6, 6.07) is 13.0. The molecule has 1 saturated carbocycles. The Morgan fingerprint density at radius 3 is 2.29 bits per heavy atom. The lowest BCUT2D eigenvalue weighted by atomic mass is 9.92. The van der Waals surface area contributed by atoms with Crippen LogP contribution in [-0.2, 0) is 6.61 Å². The molecule has 150 valence electrons. The molecule has 1 aliphatic rings. The van der Waals surface area contributed by atoms with Crippen molar-refractivity contribution >= 4 is 17.5 Å². The number of hydrogen-bond donors (Lipinski definition) is 1. The lowest BCUT2D eigenvalue weighted by Gasteiger charge is -2.20. The second-order valence-corrected chi connectivity index (χ2v) is 7.93. The Kier molecular flexibility index (Phi) is 7.75. The first-order valence-electron chi connectivity index (χ1n) is 10.1. The standard InChI is InChI=1S/C23H28ClNO3/c24-21-14-19(23(25)26)10-13-22(21)28-16-18-8-11-20(12-9-18)27-15-17-6-4-2-1-3-5-7-17/h8-14,17H,1-7,15-16H2,(H2,25,26)/p+1. The van der Waals surface area contributed by atoms with Crippen LogP contribution in [0.2, 0.25) is 5.02 Å². The van der Waals surface area contributed by atoms with Crippen LogP contribution in [0, 0.1) is 5.92 Å². The molecule has 28 heavy (non-hydrogen) atoms. The highest BCUT2D eigenvalue weighted by Gasteiger charge is 2.12. The first kappa shape index (κ1) is 20.7. The van der Waals surface area contributed by atoms with Gasteiger partial charge >= 0.3 is 5.91 Å². The molecular formula is C23H29ClNO3+. The van der Waals surface area contributed by atoms with Gasteiger partial charge in [0.1, 0.15) is 18.1 Å². The van der Waals surface area contributed by atoms with E-state index in [1.807, 2.05) is 24.3 Å². The number of hydrogen-bond acceptors (Lipinski definition) is 3. The van der Waals surface area contributed by atoms with Gasteiger partial charge in [-0.05, 0) is 54.7 Å². The fourth-order valence-corrected chi connectivity index (χ4v) is 3.79. The molecule has 0 heterocycles. The first-order valence-corrected chi connectivity index (χ1v) is 10.5. The van der Waals surface area contributed by atoms with Gasteiger partial charge in [0.25, 0.3) is 0 Å². The van der Waals surface area contributed by atoms with Crippen LogP contribution < -0.4 is 15.2 Å². The van der Waals surface area contributed by atoms with E-state index in [-0.39, 0.29) is 5.91 Å². The van der Waals surface area contributed by atoms with Crippen molar-refractivity contribution in [1.82, 2.24) is 0 Å². The fraction of sp³-hybridized carbons (Fsp3) is 0.435. The van der Waals surface area contributed by atoms with E-state index < -0.39 is 0 Å². The van der Waals surface area contributed by atoms with E-state index in [1.54, 1.807) is 18.2 Å². The van der Waals surface area contributed by atoms with Gasteiger partial charge in [0, 0.05) is 0 Å². The van der Waals surface area contributed by atoms with Crippen molar-refractivity contribution in [2.75, 3.05) is 6.61 Å². The molecular weight excluding hydrogens is 374 g/mol. The highest BCUT2D eigenvalue weighted by Crippen LogP contribution is 2.27. The number of quaternary nitrogens is 1. The van der Waals surface area contributed by atoms with Crippen LogP contribution >= 0.6 is 11.6 Å². The van der Waals surface area contributed by atoms with Crippen LogP contribution in [0.15, 0.2) is 42.5 Å². The maximum Gasteiger partial charge on any atom is 0.341 e. The third kappa shape index (κ3) is 6.25. The summed E-state index contributed by atoms with van der Waals surface area (Å²) in [4.78, 5) is 11.3. The summed E-state index contributed by atoms with van der Waals surface area (Å²) < 4.78 is 11.8. The topological polar surface area (TPSA) is 63.2 Å². The van der Waals surface area contributed by atoms with E-state index in [1.165, 1.54) is 44.9 Å². The summed E-state index contributed by atoms with van der Waals surface area (Å²) in [5.74, 6) is 1.88. The van der Waals surface area contributed by atoms with Crippen molar-refractivity contribution in [3.63, 3.8) is 0 Å². The summed E-state index contributed by atoms with van der Waals surface area (Å²) in [6.07, 6.45) is 9.34. The smallest absolute Gasteiger partial charge is 0.341 e. The largest absolute Gasteiger partial charge is 0.493 e. The molecule has 3 rings (SSSR count). The molecule has 0 atom stereocenters. The van der Waals surface area contributed by atoms with Crippen molar-refractivity contribution in [3.8, 4) is 11.5 Å². The van der Waals surface area contributed by atoms with Gasteiger partial charge in [-0.15, -0.1) is 0 Å². The van der Waals surface area contributed by atoms with Crippen LogP contribution in [0.25, 0.3) is 0 Å². The molecule has 0 bridgehead atoms. The fourth-order valence-electron chi connectivity index (χ4n) is 3.56. The molecule has 2 aromatic carbocycles. The average molecular weight is 403 g/mol. The molecule has 0 spiro atoms. The predicted octanol–water partition coefficient (Wildman–Crippen LogP) is 5.04. The zero-order valence-electron chi connectivity index (χ0n) is 16.3. The monoisotopic (exact) mass is 402 g/mol. The lowest BCUT2D eigenvalue weighted by molar-refractivity contribution is -0.255. The van der Waals surface area contributed by atoms with Crippen molar-refractivity contribution in [2.45, 2.75) is 51.6 Å². The van der Waals surface area contributed by atoms with Crippen molar-refractivity contribution in [1.29, 1.82) is 0 Å². The van der Waals surface area contributed by atoms with Crippen LogP contribution in [-0.4, -0.2) is 12.5 Å². The third-order valence-corrected chi connectivity index (χ3v) is 5.58. The molecule has 0 radical (unpaired) electrons. The highest BCUT2D eigenvalue weighted by molar-refractivity contribution is 6.32. The molecule has 4 nitrogen and oxygen atoms in total. The average Bonchev–Trinajstić information content (AvgIpc) is 2.67. The van der Waals surface area contributed by atoms with Gasteiger partial charge in [-0.3, -0.25) is 5.73 Å². The van der Waals surface area contributed by atoms with Gasteiger partial charge in [-0.2, -0.15) is 0 Å². The molecule has 3 N–H and O–H groups in total. The van der Waals surface area contributed by atoms with Crippen LogP contribution in [0.5, 0.6) is 11.5 Å². The highest BCUT2D eigenvalue weighted by atomic mass is 35.5. The minimum atomic E-state index is -0.261. The van der Waals surface area contributed by atoms with Gasteiger partial charge in [0.05, 0.1) is 17.2 Å². The minimum absolute atomic E-state index is 0.261. The maximum absolute atomic E-state index is 11.3. The van der Waals surface area contributed by atoms with E-state index >= 15 is 0 Å². The molecule has 1 amide bonds. The third-order valence-electron chi connectivity index (χ3n) is 5.28. The number of benzene rings is 2. The van der Waals surface area contributed by atoms with Crippen molar-refractivity contribution in [2.24, 2.45) is 5.92 Å². The number of halogens is 1. The van der Waals surface area contributed by atoms with Crippen LogP contribution in [0.4, 0.5) is 0 Å². The Morgan fingerprint density at radius 1 is 0.964 bits per heavy atom. The summed E-state index contributed by atoms with van der Waals surface area (Å²) in [5, 5.41) is 0.411. The zero-order valence-corrected chi connectivity index (χ0v) is 17.0. The Labute approximate surface area is 172 Å². The van der Waals surface area contributed by atoms with Gasteiger partial charge in [0.2, 0.25) is 0 Å². The van der Waals surface area contributed by atoms with Gasteiger partial charge in [0.15, 0.2) is 0 Å². The summed E-state index contributed by atoms with van der Waals surface area (Å²) in [6.45, 7) is 1.21. The Bertz CT molecular complexity index is 768. The molecule has 0 aliphatic heterocycles. The molecule has 1 fully saturated rings. The molecule has 5 heteroatoms. The molecule has 0 unspecified atom stereocenters. The second kappa shape index (κ2) is 10.5. The minimum Gasteiger partial charge on any atom is -0.493 e.